The number of halogens is 4. The third-order valence-electron chi connectivity index (χ3n) is 2.73. The largest absolute Gasteiger partial charge is 0.437 e. The van der Waals surface area contributed by atoms with E-state index in [0.717, 1.165) is 0 Å². The normalized spacial score (nSPS) is 18.8. The standard InChI is InChI=1S/C13H13ClF3NO3/c1-8(12-19-6-7-20-12)21-18-11(13(15,16)17)9-2-4-10(14)5-3-9/h2-5,8,12H,6-7H2,1H3. The monoisotopic (exact) mass is 323 g/mol. The van der Waals surface area contributed by atoms with Crippen molar-refractivity contribution in [2.45, 2.75) is 25.5 Å². The van der Waals surface area contributed by atoms with Gasteiger partial charge >= 0.3 is 6.18 Å². The molecule has 1 aromatic carbocycles. The van der Waals surface area contributed by atoms with Gasteiger partial charge in [0.2, 0.25) is 0 Å². The van der Waals surface area contributed by atoms with Gasteiger partial charge < -0.3 is 14.3 Å². The van der Waals surface area contributed by atoms with Gasteiger partial charge in [0.05, 0.1) is 13.2 Å². The highest BCUT2D eigenvalue weighted by Gasteiger charge is 2.38. The summed E-state index contributed by atoms with van der Waals surface area (Å²) in [4.78, 5) is 4.88. The summed E-state index contributed by atoms with van der Waals surface area (Å²) >= 11 is 5.66. The molecule has 0 N–H and O–H groups in total. The Balaban J connectivity index is 2.15. The van der Waals surface area contributed by atoms with E-state index in [0.29, 0.717) is 18.2 Å². The van der Waals surface area contributed by atoms with Crippen LogP contribution in [0.1, 0.15) is 12.5 Å². The second kappa shape index (κ2) is 6.64. The molecule has 1 unspecified atom stereocenters. The molecule has 0 amide bonds. The Bertz CT molecular complexity index is 498. The van der Waals surface area contributed by atoms with Crippen LogP contribution in [-0.4, -0.2) is 37.5 Å². The number of ether oxygens (including phenoxy) is 2. The Labute approximate surface area is 124 Å². The first-order valence-corrected chi connectivity index (χ1v) is 6.56. The maximum absolute atomic E-state index is 13.0. The third-order valence-corrected chi connectivity index (χ3v) is 2.98. The molecule has 1 aliphatic heterocycles. The van der Waals surface area contributed by atoms with Crippen LogP contribution in [0.3, 0.4) is 0 Å². The average Bonchev–Trinajstić information content (AvgIpc) is 2.93. The number of nitrogens with zero attached hydrogens (tertiary/aromatic N) is 1. The summed E-state index contributed by atoms with van der Waals surface area (Å²) in [6, 6.07) is 5.16. The zero-order valence-electron chi connectivity index (χ0n) is 11.1. The molecule has 0 aliphatic carbocycles. The lowest BCUT2D eigenvalue weighted by molar-refractivity contribution is -0.138. The van der Waals surface area contributed by atoms with Gasteiger partial charge in [-0.3, -0.25) is 0 Å². The first-order chi connectivity index (χ1) is 9.88. The molecule has 8 heteroatoms. The van der Waals surface area contributed by atoms with E-state index in [1.54, 1.807) is 0 Å². The highest BCUT2D eigenvalue weighted by molar-refractivity contribution is 6.30. The van der Waals surface area contributed by atoms with E-state index in [1.165, 1.54) is 31.2 Å². The number of benzene rings is 1. The smallest absolute Gasteiger partial charge is 0.387 e. The van der Waals surface area contributed by atoms with Crippen molar-refractivity contribution < 1.29 is 27.5 Å². The van der Waals surface area contributed by atoms with Gasteiger partial charge in [-0.25, -0.2) is 0 Å². The topological polar surface area (TPSA) is 40.0 Å². The molecule has 1 aliphatic rings. The number of alkyl halides is 3. The molecule has 1 fully saturated rings. The number of hydrogen-bond donors (Lipinski definition) is 0. The predicted octanol–water partition coefficient (Wildman–Crippen LogP) is 3.38. The lowest BCUT2D eigenvalue weighted by Crippen LogP contribution is -2.29. The molecule has 0 bridgehead atoms. The van der Waals surface area contributed by atoms with Gasteiger partial charge in [-0.1, -0.05) is 28.9 Å². The van der Waals surface area contributed by atoms with Gasteiger partial charge in [0.15, 0.2) is 18.1 Å². The fourth-order valence-electron chi connectivity index (χ4n) is 1.71. The van der Waals surface area contributed by atoms with E-state index in [2.05, 4.69) is 5.16 Å². The molecule has 0 saturated carbocycles. The van der Waals surface area contributed by atoms with Crippen molar-refractivity contribution in [3.05, 3.63) is 34.9 Å². The van der Waals surface area contributed by atoms with Crippen LogP contribution in [0, 0.1) is 0 Å². The van der Waals surface area contributed by atoms with E-state index in [4.69, 9.17) is 25.9 Å². The van der Waals surface area contributed by atoms with Crippen molar-refractivity contribution in [3.63, 3.8) is 0 Å². The fraction of sp³-hybridized carbons (Fsp3) is 0.462. The molecule has 1 saturated heterocycles. The van der Waals surface area contributed by atoms with Gasteiger partial charge in [0.1, 0.15) is 0 Å². The minimum atomic E-state index is -4.65. The molecule has 116 valence electrons. The number of rotatable bonds is 4. The second-order valence-corrected chi connectivity index (χ2v) is 4.80. The van der Waals surface area contributed by atoms with Gasteiger partial charge in [-0.15, -0.1) is 0 Å². The second-order valence-electron chi connectivity index (χ2n) is 4.37. The number of hydrogen-bond acceptors (Lipinski definition) is 4. The zero-order chi connectivity index (χ0) is 15.5. The highest BCUT2D eigenvalue weighted by Crippen LogP contribution is 2.24. The Morgan fingerprint density at radius 1 is 1.29 bits per heavy atom. The van der Waals surface area contributed by atoms with Crippen molar-refractivity contribution in [2.75, 3.05) is 13.2 Å². The SMILES string of the molecule is CC(ON=C(c1ccc(Cl)cc1)C(F)(F)F)C1OCCO1. The Morgan fingerprint density at radius 2 is 1.86 bits per heavy atom. The van der Waals surface area contributed by atoms with E-state index < -0.39 is 24.3 Å². The van der Waals surface area contributed by atoms with Crippen LogP contribution in [0.15, 0.2) is 29.4 Å². The summed E-state index contributed by atoms with van der Waals surface area (Å²) < 4.78 is 49.4. The Kier molecular flexibility index (Phi) is 5.08. The Morgan fingerprint density at radius 3 is 2.38 bits per heavy atom. The summed E-state index contributed by atoms with van der Waals surface area (Å²) in [7, 11) is 0. The van der Waals surface area contributed by atoms with Crippen LogP contribution in [0.25, 0.3) is 0 Å². The van der Waals surface area contributed by atoms with E-state index in [1.807, 2.05) is 0 Å². The molecule has 1 atom stereocenters. The van der Waals surface area contributed by atoms with Crippen LogP contribution in [0.4, 0.5) is 13.2 Å². The van der Waals surface area contributed by atoms with Gasteiger partial charge in [0.25, 0.3) is 0 Å². The quantitative estimate of drug-likeness (QED) is 0.630. The summed E-state index contributed by atoms with van der Waals surface area (Å²) in [5, 5.41) is 3.56. The van der Waals surface area contributed by atoms with Crippen LogP contribution >= 0.6 is 11.6 Å². The maximum Gasteiger partial charge on any atom is 0.437 e. The lowest BCUT2D eigenvalue weighted by Gasteiger charge is -2.17. The molecule has 0 aromatic heterocycles. The number of oxime groups is 1. The van der Waals surface area contributed by atoms with Crippen LogP contribution < -0.4 is 0 Å². The minimum Gasteiger partial charge on any atom is -0.387 e. The van der Waals surface area contributed by atoms with E-state index in [9.17, 15) is 13.2 Å². The molecular weight excluding hydrogens is 311 g/mol. The Hall–Kier alpha value is -1.31. The van der Waals surface area contributed by atoms with Crippen molar-refractivity contribution in [1.82, 2.24) is 0 Å². The predicted molar refractivity (Wildman–Crippen MR) is 70.3 cm³/mol. The summed E-state index contributed by atoms with van der Waals surface area (Å²) in [5.74, 6) is 0. The molecule has 4 nitrogen and oxygen atoms in total. The molecule has 0 radical (unpaired) electrons. The first kappa shape index (κ1) is 16.1. The summed E-state index contributed by atoms with van der Waals surface area (Å²) in [5.41, 5.74) is -1.27. The van der Waals surface area contributed by atoms with Crippen molar-refractivity contribution in [2.24, 2.45) is 5.16 Å². The average molecular weight is 324 g/mol. The third kappa shape index (κ3) is 4.33. The van der Waals surface area contributed by atoms with Crippen molar-refractivity contribution >= 4 is 17.3 Å². The zero-order valence-corrected chi connectivity index (χ0v) is 11.8. The van der Waals surface area contributed by atoms with E-state index >= 15 is 0 Å². The lowest BCUT2D eigenvalue weighted by atomic mass is 10.1. The van der Waals surface area contributed by atoms with Crippen molar-refractivity contribution in [3.8, 4) is 0 Å². The first-order valence-electron chi connectivity index (χ1n) is 6.18. The van der Waals surface area contributed by atoms with Crippen LogP contribution in [0.2, 0.25) is 5.02 Å². The minimum absolute atomic E-state index is 0.132. The van der Waals surface area contributed by atoms with Crippen LogP contribution in [-0.2, 0) is 14.3 Å². The maximum atomic E-state index is 13.0. The highest BCUT2D eigenvalue weighted by atomic mass is 35.5. The van der Waals surface area contributed by atoms with Crippen LogP contribution in [0.5, 0.6) is 0 Å². The summed E-state index contributed by atoms with van der Waals surface area (Å²) in [6.07, 6.45) is -6.11. The van der Waals surface area contributed by atoms with Gasteiger partial charge in [-0.05, 0) is 19.1 Å². The molecule has 1 aromatic rings. The summed E-state index contributed by atoms with van der Waals surface area (Å²) in [6.45, 7) is 2.28. The van der Waals surface area contributed by atoms with Crippen molar-refractivity contribution in [1.29, 1.82) is 0 Å². The van der Waals surface area contributed by atoms with Gasteiger partial charge in [-0.2, -0.15) is 13.2 Å². The molecule has 21 heavy (non-hydrogen) atoms. The molecule has 2 rings (SSSR count). The molecule has 0 spiro atoms. The van der Waals surface area contributed by atoms with E-state index in [-0.39, 0.29) is 5.56 Å². The molecule has 1 heterocycles. The fourth-order valence-corrected chi connectivity index (χ4v) is 1.84. The van der Waals surface area contributed by atoms with Gasteiger partial charge in [0, 0.05) is 10.6 Å². The molecular formula is C13H13ClF3NO3.